The molecule has 1 aliphatic heterocycles. The summed E-state index contributed by atoms with van der Waals surface area (Å²) in [5.74, 6) is -2.28. The summed E-state index contributed by atoms with van der Waals surface area (Å²) >= 11 is 0. The Labute approximate surface area is 299 Å². The first kappa shape index (κ1) is 38.7. The van der Waals surface area contributed by atoms with E-state index >= 15 is 4.79 Å². The van der Waals surface area contributed by atoms with Gasteiger partial charge in [-0.05, 0) is 83.3 Å². The summed E-state index contributed by atoms with van der Waals surface area (Å²) in [7, 11) is -1.49. The number of carbonyl (C=O) groups excluding carboxylic acids is 4. The second-order valence-electron chi connectivity index (χ2n) is 15.7. The van der Waals surface area contributed by atoms with Gasteiger partial charge in [0.1, 0.15) is 23.5 Å². The number of alkyl carbamates (subject to hydrolysis) is 1. The van der Waals surface area contributed by atoms with E-state index in [0.717, 1.165) is 36.4 Å². The Balaban J connectivity index is 1.46. The highest BCUT2D eigenvalue weighted by Gasteiger charge is 2.60. The highest BCUT2D eigenvalue weighted by Crippen LogP contribution is 2.48. The topological polar surface area (TPSA) is 178 Å². The Hall–Kier alpha value is -3.56. The van der Waals surface area contributed by atoms with Gasteiger partial charge in [-0.2, -0.15) is 12.7 Å². The molecule has 1 aromatic heterocycles. The zero-order chi connectivity index (χ0) is 37.3. The van der Waals surface area contributed by atoms with Crippen molar-refractivity contribution in [3.63, 3.8) is 0 Å². The van der Waals surface area contributed by atoms with Crippen molar-refractivity contribution in [3.05, 3.63) is 30.0 Å². The first-order valence-electron chi connectivity index (χ1n) is 18.0. The SMILES string of the molecule is CN(C)S(=O)(=O)NC(=O)c1cc2cc([N+]3(C(=O)C4CCC([C@@H](CF)NC(=O)OC(C)(C)C)CC4)CC[C@@H](C4CCCCC4)[C@H]3C(N)=O)ccc2o1. The fourth-order valence-corrected chi connectivity index (χ4v) is 9.13. The van der Waals surface area contributed by atoms with Crippen LogP contribution in [-0.2, 0) is 24.5 Å². The molecular weight excluding hydrogens is 681 g/mol. The number of hydrogen-bond donors (Lipinski definition) is 3. The zero-order valence-corrected chi connectivity index (χ0v) is 31.1. The third-order valence-electron chi connectivity index (χ3n) is 11.1. The smallest absolute Gasteiger partial charge is 0.407 e. The van der Waals surface area contributed by atoms with Gasteiger partial charge in [-0.25, -0.2) is 23.2 Å². The number of likely N-dealkylation sites (tertiary alicyclic amines) is 1. The number of halogens is 1. The number of fused-ring (bicyclic) bond motifs is 1. The average Bonchev–Trinajstić information content (AvgIpc) is 3.69. The van der Waals surface area contributed by atoms with Crippen molar-refractivity contribution in [1.29, 1.82) is 0 Å². The highest BCUT2D eigenvalue weighted by molar-refractivity contribution is 7.87. The Morgan fingerprint density at radius 2 is 1.69 bits per heavy atom. The van der Waals surface area contributed by atoms with Crippen molar-refractivity contribution in [2.45, 2.75) is 103 Å². The maximum Gasteiger partial charge on any atom is 0.407 e. The Kier molecular flexibility index (Phi) is 11.5. The molecule has 1 saturated heterocycles. The maximum atomic E-state index is 15.1. The minimum absolute atomic E-state index is 0.0883. The number of amides is 4. The van der Waals surface area contributed by atoms with Gasteiger partial charge >= 0.3 is 28.1 Å². The molecule has 2 aromatic rings. The van der Waals surface area contributed by atoms with Crippen LogP contribution in [0.2, 0.25) is 0 Å². The third kappa shape index (κ3) is 8.25. The molecule has 4 amide bonds. The maximum absolute atomic E-state index is 15.1. The molecule has 2 saturated carbocycles. The van der Waals surface area contributed by atoms with Crippen molar-refractivity contribution in [3.8, 4) is 0 Å². The van der Waals surface area contributed by atoms with Crippen LogP contribution in [0.15, 0.2) is 28.7 Å². The second-order valence-corrected chi connectivity index (χ2v) is 17.6. The lowest BCUT2D eigenvalue weighted by molar-refractivity contribution is -0.142. The van der Waals surface area contributed by atoms with E-state index in [1.54, 1.807) is 39.0 Å². The molecule has 0 radical (unpaired) electrons. The fourth-order valence-electron chi connectivity index (χ4n) is 8.61. The third-order valence-corrected chi connectivity index (χ3v) is 12.5. The minimum Gasteiger partial charge on any atom is -0.451 e. The van der Waals surface area contributed by atoms with Crippen LogP contribution in [-0.4, -0.2) is 81.5 Å². The molecule has 282 valence electrons. The lowest BCUT2D eigenvalue weighted by atomic mass is 9.75. The molecule has 4 atom stereocenters. The molecule has 2 heterocycles. The number of nitrogens with zero attached hydrogens (tertiary/aromatic N) is 2. The molecule has 13 nitrogen and oxygen atoms in total. The molecule has 51 heavy (non-hydrogen) atoms. The molecule has 3 fully saturated rings. The van der Waals surface area contributed by atoms with Crippen LogP contribution in [0.4, 0.5) is 14.9 Å². The van der Waals surface area contributed by atoms with Gasteiger partial charge < -0.3 is 20.2 Å². The van der Waals surface area contributed by atoms with Gasteiger partial charge in [0, 0.05) is 44.0 Å². The number of carbonyl (C=O) groups is 4. The predicted molar refractivity (Wildman–Crippen MR) is 190 cm³/mol. The Morgan fingerprint density at radius 3 is 2.27 bits per heavy atom. The first-order valence-corrected chi connectivity index (χ1v) is 19.5. The van der Waals surface area contributed by atoms with Crippen LogP contribution in [0, 0.1) is 23.7 Å². The number of quaternary nitrogens is 1. The number of benzene rings is 1. The summed E-state index contributed by atoms with van der Waals surface area (Å²) in [6.45, 7) is 4.83. The molecule has 15 heteroatoms. The molecule has 2 aliphatic carbocycles. The zero-order valence-electron chi connectivity index (χ0n) is 30.3. The standard InChI is InChI=1S/C36H52FN5O8S/c1-36(2,3)50-35(46)39-28(21-37)23-11-13-24(14-12-23)34(45)42(18-17-27(31(42)32(38)43)22-9-7-6-8-10-22)26-15-16-29-25(19-26)20-30(49-29)33(44)40-51(47,48)41(4)5/h15-16,19-20,22-24,27-28,31H,6-14,17-18,21H2,1-5H3,(H3-,38,39,40,43,44,46)/p+1/t23?,24?,27-,28+,31-,42?/m0/s1. The summed E-state index contributed by atoms with van der Waals surface area (Å²) < 4.78 is 52.4. The monoisotopic (exact) mass is 734 g/mol. The lowest BCUT2D eigenvalue weighted by Crippen LogP contribution is -2.65. The molecule has 1 aromatic carbocycles. The number of rotatable bonds is 10. The molecule has 0 bridgehead atoms. The quantitative estimate of drug-likeness (QED) is 0.288. The van der Waals surface area contributed by atoms with Gasteiger partial charge in [0.15, 0.2) is 11.8 Å². The molecule has 5 rings (SSSR count). The van der Waals surface area contributed by atoms with E-state index in [9.17, 15) is 27.2 Å². The van der Waals surface area contributed by atoms with Gasteiger partial charge in [-0.3, -0.25) is 9.59 Å². The van der Waals surface area contributed by atoms with Gasteiger partial charge in [-0.1, -0.05) is 19.3 Å². The van der Waals surface area contributed by atoms with Crippen LogP contribution in [0.5, 0.6) is 0 Å². The molecule has 4 N–H and O–H groups in total. The van der Waals surface area contributed by atoms with E-state index in [2.05, 4.69) is 5.32 Å². The molecule has 0 spiro atoms. The number of ether oxygens (including phenoxy) is 1. The molecular formula is C36H53FN5O8S+. The largest absolute Gasteiger partial charge is 0.451 e. The van der Waals surface area contributed by atoms with E-state index in [1.165, 1.54) is 20.2 Å². The molecule has 3 aliphatic rings. The summed E-state index contributed by atoms with van der Waals surface area (Å²) in [5, 5.41) is 3.14. The van der Waals surface area contributed by atoms with E-state index in [0.29, 0.717) is 55.3 Å². The van der Waals surface area contributed by atoms with Crippen molar-refractivity contribution >= 4 is 50.7 Å². The van der Waals surface area contributed by atoms with E-state index < -0.39 is 58.4 Å². The van der Waals surface area contributed by atoms with Gasteiger partial charge in [0.25, 0.3) is 5.91 Å². The summed E-state index contributed by atoms with van der Waals surface area (Å²) in [4.78, 5) is 53.9. The number of furan rings is 1. The van der Waals surface area contributed by atoms with Gasteiger partial charge in [0.05, 0.1) is 18.5 Å². The van der Waals surface area contributed by atoms with E-state index in [-0.39, 0.29) is 33.9 Å². The van der Waals surface area contributed by atoms with E-state index in [1.807, 2.05) is 4.72 Å². The number of nitrogens with one attached hydrogen (secondary N) is 2. The van der Waals surface area contributed by atoms with Gasteiger partial charge in [-0.15, -0.1) is 0 Å². The Morgan fingerprint density at radius 1 is 1.02 bits per heavy atom. The fraction of sp³-hybridized carbons (Fsp3) is 0.667. The van der Waals surface area contributed by atoms with Crippen LogP contribution in [0.1, 0.15) is 95.5 Å². The summed E-state index contributed by atoms with van der Waals surface area (Å²) in [5.41, 5.74) is 6.39. The van der Waals surface area contributed by atoms with Crippen molar-refractivity contribution in [2.24, 2.45) is 29.4 Å². The van der Waals surface area contributed by atoms with Crippen molar-refractivity contribution < 1.29 is 41.1 Å². The number of alkyl halides is 1. The van der Waals surface area contributed by atoms with Crippen molar-refractivity contribution in [1.82, 2.24) is 18.8 Å². The lowest BCUT2D eigenvalue weighted by Gasteiger charge is -2.42. The highest BCUT2D eigenvalue weighted by atomic mass is 32.2. The molecule has 1 unspecified atom stereocenters. The van der Waals surface area contributed by atoms with Crippen LogP contribution < -0.4 is 20.3 Å². The second kappa shape index (κ2) is 15.2. The first-order chi connectivity index (χ1) is 24.0. The minimum atomic E-state index is -4.07. The summed E-state index contributed by atoms with van der Waals surface area (Å²) in [6.07, 6.45) is 7.07. The number of nitrogens with two attached hydrogens (primary N) is 1. The van der Waals surface area contributed by atoms with E-state index in [4.69, 9.17) is 14.9 Å². The average molecular weight is 735 g/mol. The normalized spacial score (nSPS) is 26.9. The van der Waals surface area contributed by atoms with Crippen LogP contribution in [0.25, 0.3) is 11.0 Å². The van der Waals surface area contributed by atoms with Crippen LogP contribution >= 0.6 is 0 Å². The summed E-state index contributed by atoms with van der Waals surface area (Å²) in [6, 6.07) is 4.98. The number of hydrogen-bond acceptors (Lipinski definition) is 8. The van der Waals surface area contributed by atoms with Crippen molar-refractivity contribution in [2.75, 3.05) is 27.3 Å². The predicted octanol–water partition coefficient (Wildman–Crippen LogP) is 4.93. The Bertz CT molecular complexity index is 1730. The number of primary amides is 1. The van der Waals surface area contributed by atoms with Crippen LogP contribution in [0.3, 0.4) is 0 Å². The van der Waals surface area contributed by atoms with Gasteiger partial charge in [0.2, 0.25) is 0 Å².